The summed E-state index contributed by atoms with van der Waals surface area (Å²) in [5, 5.41) is 10.7. The van der Waals surface area contributed by atoms with Gasteiger partial charge in [-0.15, -0.1) is 11.8 Å². The van der Waals surface area contributed by atoms with Crippen molar-refractivity contribution < 1.29 is 14.4 Å². The fourth-order valence-electron chi connectivity index (χ4n) is 4.24. The van der Waals surface area contributed by atoms with E-state index in [9.17, 15) is 14.4 Å². The maximum absolute atomic E-state index is 13.4. The summed E-state index contributed by atoms with van der Waals surface area (Å²) in [4.78, 5) is 39.8. The molecule has 0 aromatic heterocycles. The van der Waals surface area contributed by atoms with E-state index >= 15 is 0 Å². The SMILES string of the molecule is O=C(CSc1cccc(NC(=O)/C(=C\c2cccc(Br)c2)NC(=O)c2ccccc2)c1)Nc1cccc2ccccc12. The standard InChI is InChI=1S/C34H26BrN3O3S/c35-26-14-6-9-23(19-26)20-31(38-33(40)25-11-2-1-3-12-25)34(41)36-27-15-8-16-28(21-27)42-22-32(39)37-30-18-7-13-24-10-4-5-17-29(24)30/h1-21H,22H2,(H,36,41)(H,37,39)(H,38,40)/b31-20+. The second kappa shape index (κ2) is 13.8. The number of halogens is 1. The van der Waals surface area contributed by atoms with E-state index in [0.717, 1.165) is 31.4 Å². The van der Waals surface area contributed by atoms with Crippen LogP contribution in [0.25, 0.3) is 16.8 Å². The first-order valence-corrected chi connectivity index (χ1v) is 14.9. The molecule has 3 N–H and O–H groups in total. The lowest BCUT2D eigenvalue weighted by atomic mass is 10.1. The molecule has 0 atom stereocenters. The summed E-state index contributed by atoms with van der Waals surface area (Å²) in [6.45, 7) is 0. The summed E-state index contributed by atoms with van der Waals surface area (Å²) in [5.74, 6) is -0.806. The molecule has 0 aliphatic heterocycles. The Balaban J connectivity index is 1.27. The van der Waals surface area contributed by atoms with Gasteiger partial charge in [-0.05, 0) is 65.6 Å². The Bertz CT molecular complexity index is 1780. The topological polar surface area (TPSA) is 87.3 Å². The quantitative estimate of drug-likeness (QED) is 0.114. The van der Waals surface area contributed by atoms with Gasteiger partial charge in [0, 0.05) is 31.7 Å². The number of carbonyl (C=O) groups is 3. The number of anilines is 2. The highest BCUT2D eigenvalue weighted by Crippen LogP contribution is 2.25. The van der Waals surface area contributed by atoms with Gasteiger partial charge in [-0.3, -0.25) is 14.4 Å². The highest BCUT2D eigenvalue weighted by molar-refractivity contribution is 9.10. The molecule has 208 valence electrons. The molecule has 3 amide bonds. The Morgan fingerprint density at radius 2 is 1.48 bits per heavy atom. The minimum absolute atomic E-state index is 0.0921. The summed E-state index contributed by atoms with van der Waals surface area (Å²) in [6.07, 6.45) is 1.62. The number of thioether (sulfide) groups is 1. The number of carbonyl (C=O) groups excluding carboxylic acids is 3. The molecule has 0 fully saturated rings. The summed E-state index contributed by atoms with van der Waals surface area (Å²) in [5.41, 5.74) is 2.57. The van der Waals surface area contributed by atoms with Crippen LogP contribution in [0.3, 0.4) is 0 Å². The third kappa shape index (κ3) is 7.75. The van der Waals surface area contributed by atoms with Crippen molar-refractivity contribution in [3.8, 4) is 0 Å². The van der Waals surface area contributed by atoms with E-state index in [1.807, 2.05) is 78.9 Å². The van der Waals surface area contributed by atoms with Crippen molar-refractivity contribution in [3.05, 3.63) is 143 Å². The second-order valence-electron chi connectivity index (χ2n) is 9.28. The number of fused-ring (bicyclic) bond motifs is 1. The van der Waals surface area contributed by atoms with Crippen LogP contribution in [0.1, 0.15) is 15.9 Å². The summed E-state index contributed by atoms with van der Waals surface area (Å²) in [6, 6.07) is 37.1. The number of benzene rings is 5. The third-order valence-electron chi connectivity index (χ3n) is 6.21. The van der Waals surface area contributed by atoms with Gasteiger partial charge < -0.3 is 16.0 Å². The number of hydrogen-bond donors (Lipinski definition) is 3. The van der Waals surface area contributed by atoms with Gasteiger partial charge in [0.1, 0.15) is 5.70 Å². The molecule has 8 heteroatoms. The van der Waals surface area contributed by atoms with Crippen LogP contribution in [0.2, 0.25) is 0 Å². The van der Waals surface area contributed by atoms with Crippen molar-refractivity contribution >= 4 is 73.6 Å². The van der Waals surface area contributed by atoms with Crippen LogP contribution in [-0.4, -0.2) is 23.5 Å². The lowest BCUT2D eigenvalue weighted by Gasteiger charge is -2.12. The van der Waals surface area contributed by atoms with E-state index in [1.54, 1.807) is 48.5 Å². The monoisotopic (exact) mass is 635 g/mol. The largest absolute Gasteiger partial charge is 0.325 e. The smallest absolute Gasteiger partial charge is 0.272 e. The van der Waals surface area contributed by atoms with E-state index < -0.39 is 11.8 Å². The Labute approximate surface area is 256 Å². The maximum Gasteiger partial charge on any atom is 0.272 e. The van der Waals surface area contributed by atoms with Gasteiger partial charge in [-0.1, -0.05) is 88.7 Å². The molecule has 5 rings (SSSR count). The van der Waals surface area contributed by atoms with Gasteiger partial charge in [0.2, 0.25) is 5.91 Å². The average molecular weight is 637 g/mol. The molecule has 0 radical (unpaired) electrons. The first-order valence-electron chi connectivity index (χ1n) is 13.1. The fraction of sp³-hybridized carbons (Fsp3) is 0.0294. The molecular formula is C34H26BrN3O3S. The number of hydrogen-bond acceptors (Lipinski definition) is 4. The fourth-order valence-corrected chi connectivity index (χ4v) is 5.41. The van der Waals surface area contributed by atoms with E-state index in [4.69, 9.17) is 0 Å². The van der Waals surface area contributed by atoms with E-state index in [1.165, 1.54) is 11.8 Å². The Hall–Kier alpha value is -4.66. The lowest BCUT2D eigenvalue weighted by Crippen LogP contribution is -2.30. The van der Waals surface area contributed by atoms with Crippen LogP contribution in [0.15, 0.2) is 136 Å². The molecule has 0 aliphatic carbocycles. The predicted octanol–water partition coefficient (Wildman–Crippen LogP) is 7.74. The van der Waals surface area contributed by atoms with Crippen molar-refractivity contribution in [1.29, 1.82) is 0 Å². The molecule has 0 heterocycles. The molecule has 42 heavy (non-hydrogen) atoms. The van der Waals surface area contributed by atoms with Gasteiger partial charge in [0.25, 0.3) is 11.8 Å². The third-order valence-corrected chi connectivity index (χ3v) is 7.70. The minimum Gasteiger partial charge on any atom is -0.325 e. The van der Waals surface area contributed by atoms with Crippen LogP contribution < -0.4 is 16.0 Å². The number of rotatable bonds is 9. The highest BCUT2D eigenvalue weighted by atomic mass is 79.9. The molecule has 0 aliphatic rings. The maximum atomic E-state index is 13.4. The number of nitrogens with one attached hydrogen (secondary N) is 3. The normalized spacial score (nSPS) is 11.1. The summed E-state index contributed by atoms with van der Waals surface area (Å²) < 4.78 is 0.847. The molecule has 0 bridgehead atoms. The second-order valence-corrected chi connectivity index (χ2v) is 11.2. The van der Waals surface area contributed by atoms with Gasteiger partial charge in [-0.25, -0.2) is 0 Å². The Kier molecular flexibility index (Phi) is 9.48. The van der Waals surface area contributed by atoms with Gasteiger partial charge in [-0.2, -0.15) is 0 Å². The zero-order valence-corrected chi connectivity index (χ0v) is 24.7. The van der Waals surface area contributed by atoms with Crippen LogP contribution in [0.4, 0.5) is 11.4 Å². The van der Waals surface area contributed by atoms with Gasteiger partial charge >= 0.3 is 0 Å². The molecule has 0 spiro atoms. The summed E-state index contributed by atoms with van der Waals surface area (Å²) >= 11 is 4.81. The van der Waals surface area contributed by atoms with E-state index in [-0.39, 0.29) is 17.4 Å². The van der Waals surface area contributed by atoms with Crippen LogP contribution >= 0.6 is 27.7 Å². The predicted molar refractivity (Wildman–Crippen MR) is 174 cm³/mol. The zero-order valence-electron chi connectivity index (χ0n) is 22.3. The van der Waals surface area contributed by atoms with Crippen LogP contribution in [0.5, 0.6) is 0 Å². The highest BCUT2D eigenvalue weighted by Gasteiger charge is 2.16. The average Bonchev–Trinajstić information content (AvgIpc) is 3.00. The lowest BCUT2D eigenvalue weighted by molar-refractivity contribution is -0.114. The first-order chi connectivity index (χ1) is 20.4. The molecule has 5 aromatic carbocycles. The van der Waals surface area contributed by atoms with Crippen LogP contribution in [-0.2, 0) is 9.59 Å². The summed E-state index contributed by atoms with van der Waals surface area (Å²) in [7, 11) is 0. The van der Waals surface area contributed by atoms with E-state index in [2.05, 4.69) is 31.9 Å². The molecule has 5 aromatic rings. The van der Waals surface area contributed by atoms with Gasteiger partial charge in [0.15, 0.2) is 0 Å². The van der Waals surface area contributed by atoms with Crippen molar-refractivity contribution in [1.82, 2.24) is 5.32 Å². The first kappa shape index (κ1) is 28.9. The number of amides is 3. The molecule has 6 nitrogen and oxygen atoms in total. The van der Waals surface area contributed by atoms with Crippen molar-refractivity contribution in [2.75, 3.05) is 16.4 Å². The molecular weight excluding hydrogens is 610 g/mol. The Morgan fingerprint density at radius 3 is 2.31 bits per heavy atom. The molecule has 0 saturated carbocycles. The minimum atomic E-state index is -0.477. The van der Waals surface area contributed by atoms with Crippen molar-refractivity contribution in [2.45, 2.75) is 4.90 Å². The molecule has 0 saturated heterocycles. The van der Waals surface area contributed by atoms with Crippen molar-refractivity contribution in [2.24, 2.45) is 0 Å². The van der Waals surface area contributed by atoms with Gasteiger partial charge in [0.05, 0.1) is 5.75 Å². The van der Waals surface area contributed by atoms with Crippen LogP contribution in [0, 0.1) is 0 Å². The zero-order chi connectivity index (χ0) is 29.3. The molecule has 0 unspecified atom stereocenters. The van der Waals surface area contributed by atoms with E-state index in [0.29, 0.717) is 11.3 Å². The Morgan fingerprint density at radius 1 is 0.738 bits per heavy atom. The van der Waals surface area contributed by atoms with Crippen molar-refractivity contribution in [3.63, 3.8) is 0 Å².